The average Bonchev–Trinajstić information content (AvgIpc) is 2.92. The number of carboxylic acids is 1. The lowest BCUT2D eigenvalue weighted by atomic mass is 9.83. The summed E-state index contributed by atoms with van der Waals surface area (Å²) in [6.07, 6.45) is 14.6. The highest BCUT2D eigenvalue weighted by Crippen LogP contribution is 2.48. The molecule has 0 aromatic heterocycles. The van der Waals surface area contributed by atoms with E-state index in [1.165, 1.54) is 44.1 Å². The summed E-state index contributed by atoms with van der Waals surface area (Å²) in [4.78, 5) is 15.8. The Morgan fingerprint density at radius 3 is 2.62 bits per heavy atom. The van der Waals surface area contributed by atoms with E-state index in [4.69, 9.17) is 9.94 Å². The van der Waals surface area contributed by atoms with Crippen LogP contribution in [-0.4, -0.2) is 40.1 Å². The zero-order valence-corrected chi connectivity index (χ0v) is 17.8. The van der Waals surface area contributed by atoms with E-state index < -0.39 is 18.2 Å². The van der Waals surface area contributed by atoms with Gasteiger partial charge in [0.25, 0.3) is 0 Å². The molecular weight excluding hydrogens is 370 g/mol. The number of carboxylic acid groups (broad SMARTS) is 1. The highest BCUT2D eigenvalue weighted by atomic mass is 16.6. The van der Waals surface area contributed by atoms with Crippen LogP contribution < -0.4 is 5.48 Å². The fourth-order valence-electron chi connectivity index (χ4n) is 4.24. The minimum Gasteiger partial charge on any atom is -0.481 e. The molecule has 6 nitrogen and oxygen atoms in total. The number of allylic oxidation sites excluding steroid dienone is 1. The molecular formula is C23H39NO5. The lowest BCUT2D eigenvalue weighted by Gasteiger charge is -2.30. The first-order valence-electron chi connectivity index (χ1n) is 11.4. The van der Waals surface area contributed by atoms with Crippen LogP contribution in [-0.2, 0) is 9.63 Å². The van der Waals surface area contributed by atoms with E-state index in [2.05, 4.69) is 12.4 Å². The molecule has 0 heterocycles. The van der Waals surface area contributed by atoms with E-state index in [0.29, 0.717) is 13.0 Å². The number of fused-ring (bicyclic) bond motifs is 1. The maximum absolute atomic E-state index is 10.5. The van der Waals surface area contributed by atoms with Gasteiger partial charge in [-0.15, -0.1) is 0 Å². The molecule has 0 spiro atoms. The monoisotopic (exact) mass is 409 g/mol. The topological polar surface area (TPSA) is 99.0 Å². The van der Waals surface area contributed by atoms with Gasteiger partial charge in [-0.2, -0.15) is 0 Å². The molecule has 4 atom stereocenters. The summed E-state index contributed by atoms with van der Waals surface area (Å²) in [6, 6.07) is 0. The minimum atomic E-state index is -0.818. The van der Waals surface area contributed by atoms with Crippen molar-refractivity contribution in [2.45, 2.75) is 96.2 Å². The summed E-state index contributed by atoms with van der Waals surface area (Å²) in [6.45, 7) is 2.58. The molecule has 0 aliphatic heterocycles. The van der Waals surface area contributed by atoms with Crippen LogP contribution in [0.25, 0.3) is 0 Å². The van der Waals surface area contributed by atoms with Gasteiger partial charge in [0.2, 0.25) is 0 Å². The first kappa shape index (κ1) is 23.9. The van der Waals surface area contributed by atoms with Gasteiger partial charge >= 0.3 is 5.97 Å². The maximum atomic E-state index is 10.5. The van der Waals surface area contributed by atoms with Crippen molar-refractivity contribution >= 4 is 5.97 Å². The van der Waals surface area contributed by atoms with Crippen LogP contribution in [0.1, 0.15) is 84.0 Å². The number of hydrogen-bond acceptors (Lipinski definition) is 5. The number of hydroxylamine groups is 1. The molecule has 0 aromatic carbocycles. The third kappa shape index (κ3) is 8.11. The molecule has 2 aliphatic rings. The SMILES string of the molecule is CCCCCCCCCC(O)C=CC1CC2=C(NOCCCC(=O)O)C[C@H]2C1O. The molecule has 0 aromatic rings. The van der Waals surface area contributed by atoms with Crippen molar-refractivity contribution in [2.75, 3.05) is 6.61 Å². The van der Waals surface area contributed by atoms with Crippen LogP contribution in [0.4, 0.5) is 0 Å². The van der Waals surface area contributed by atoms with Crippen molar-refractivity contribution in [1.29, 1.82) is 0 Å². The molecule has 166 valence electrons. The van der Waals surface area contributed by atoms with Gasteiger partial charge in [0, 0.05) is 24.0 Å². The maximum Gasteiger partial charge on any atom is 0.303 e. The van der Waals surface area contributed by atoms with E-state index in [1.807, 2.05) is 12.2 Å². The third-order valence-electron chi connectivity index (χ3n) is 6.08. The Balaban J connectivity index is 1.62. The minimum absolute atomic E-state index is 0.0463. The predicted octanol–water partition coefficient (Wildman–Crippen LogP) is 4.09. The molecule has 0 saturated heterocycles. The normalized spacial score (nSPS) is 24.6. The standard InChI is InChI=1S/C23H39NO5/c1-2-3-4-5-6-7-8-10-18(25)13-12-17-15-19-20(23(17)28)16-21(19)24-29-14-9-11-22(26)27/h12-13,17-18,20,23-25,28H,2-11,14-16H2,1H3,(H,26,27)/t17?,18?,20-,23?/m1/s1. The Hall–Kier alpha value is -1.37. The number of hydrogen-bond donors (Lipinski definition) is 4. The van der Waals surface area contributed by atoms with E-state index in [0.717, 1.165) is 31.4 Å². The number of aliphatic hydroxyl groups is 2. The molecule has 29 heavy (non-hydrogen) atoms. The number of nitrogens with one attached hydrogen (secondary N) is 1. The van der Waals surface area contributed by atoms with Gasteiger partial charge < -0.3 is 15.3 Å². The second-order valence-electron chi connectivity index (χ2n) is 8.48. The lowest BCUT2D eigenvalue weighted by Crippen LogP contribution is -2.32. The molecule has 2 rings (SSSR count). The van der Waals surface area contributed by atoms with Crippen LogP contribution in [0, 0.1) is 11.8 Å². The molecule has 0 amide bonds. The predicted molar refractivity (Wildman–Crippen MR) is 113 cm³/mol. The van der Waals surface area contributed by atoms with E-state index in [1.54, 1.807) is 0 Å². The van der Waals surface area contributed by atoms with Gasteiger partial charge in [0.1, 0.15) is 0 Å². The van der Waals surface area contributed by atoms with Crippen LogP contribution in [0.3, 0.4) is 0 Å². The lowest BCUT2D eigenvalue weighted by molar-refractivity contribution is -0.137. The van der Waals surface area contributed by atoms with Crippen molar-refractivity contribution in [2.24, 2.45) is 11.8 Å². The largest absolute Gasteiger partial charge is 0.481 e. The fourth-order valence-corrected chi connectivity index (χ4v) is 4.24. The van der Waals surface area contributed by atoms with Crippen molar-refractivity contribution < 1.29 is 25.0 Å². The van der Waals surface area contributed by atoms with Crippen LogP contribution in [0.2, 0.25) is 0 Å². The molecule has 6 heteroatoms. The van der Waals surface area contributed by atoms with Gasteiger partial charge in [0.05, 0.1) is 18.8 Å². The molecule has 3 unspecified atom stereocenters. The molecule has 0 bridgehead atoms. The summed E-state index contributed by atoms with van der Waals surface area (Å²) in [5.74, 6) is -0.595. The van der Waals surface area contributed by atoms with Crippen LogP contribution in [0.15, 0.2) is 23.4 Å². The number of carbonyl (C=O) groups is 1. The molecule has 2 aliphatic carbocycles. The van der Waals surface area contributed by atoms with Crippen molar-refractivity contribution in [3.05, 3.63) is 23.4 Å². The molecule has 4 N–H and O–H groups in total. The van der Waals surface area contributed by atoms with E-state index in [9.17, 15) is 15.0 Å². The molecule has 0 radical (unpaired) electrons. The molecule has 1 fully saturated rings. The molecule has 1 saturated carbocycles. The Morgan fingerprint density at radius 2 is 1.90 bits per heavy atom. The summed E-state index contributed by atoms with van der Waals surface area (Å²) >= 11 is 0. The number of unbranched alkanes of at least 4 members (excludes halogenated alkanes) is 6. The van der Waals surface area contributed by atoms with Crippen LogP contribution >= 0.6 is 0 Å². The van der Waals surface area contributed by atoms with Crippen LogP contribution in [0.5, 0.6) is 0 Å². The second kappa shape index (κ2) is 13.0. The van der Waals surface area contributed by atoms with Gasteiger partial charge in [0.15, 0.2) is 0 Å². The highest BCUT2D eigenvalue weighted by molar-refractivity contribution is 5.66. The first-order chi connectivity index (χ1) is 14.0. The third-order valence-corrected chi connectivity index (χ3v) is 6.08. The average molecular weight is 410 g/mol. The zero-order valence-electron chi connectivity index (χ0n) is 17.8. The Labute approximate surface area is 175 Å². The quantitative estimate of drug-likeness (QED) is 0.174. The van der Waals surface area contributed by atoms with Gasteiger partial charge in [-0.05, 0) is 31.3 Å². The van der Waals surface area contributed by atoms with Gasteiger partial charge in [-0.1, -0.05) is 64.0 Å². The number of aliphatic carboxylic acids is 1. The highest BCUT2D eigenvalue weighted by Gasteiger charge is 2.45. The van der Waals surface area contributed by atoms with Gasteiger partial charge in [-0.3, -0.25) is 15.1 Å². The van der Waals surface area contributed by atoms with E-state index >= 15 is 0 Å². The summed E-state index contributed by atoms with van der Waals surface area (Å²) in [7, 11) is 0. The Morgan fingerprint density at radius 1 is 1.17 bits per heavy atom. The Kier molecular flexibility index (Phi) is 10.7. The smallest absolute Gasteiger partial charge is 0.303 e. The van der Waals surface area contributed by atoms with Crippen molar-refractivity contribution in [1.82, 2.24) is 5.48 Å². The van der Waals surface area contributed by atoms with E-state index in [-0.39, 0.29) is 18.3 Å². The Bertz CT molecular complexity index is 559. The zero-order chi connectivity index (χ0) is 21.1. The summed E-state index contributed by atoms with van der Waals surface area (Å²) in [5, 5.41) is 29.3. The van der Waals surface area contributed by atoms with Crippen molar-refractivity contribution in [3.8, 4) is 0 Å². The van der Waals surface area contributed by atoms with Crippen molar-refractivity contribution in [3.63, 3.8) is 0 Å². The summed E-state index contributed by atoms with van der Waals surface area (Å²) < 4.78 is 0. The van der Waals surface area contributed by atoms with Gasteiger partial charge in [-0.25, -0.2) is 0 Å². The summed E-state index contributed by atoms with van der Waals surface area (Å²) in [5.41, 5.74) is 5.14. The second-order valence-corrected chi connectivity index (χ2v) is 8.48. The first-order valence-corrected chi connectivity index (χ1v) is 11.4. The fraction of sp³-hybridized carbons (Fsp3) is 0.783. The number of rotatable bonds is 16. The number of aliphatic hydroxyl groups excluding tert-OH is 2.